The number of carbonyl (C=O) groups is 1. The zero-order valence-corrected chi connectivity index (χ0v) is 17.6. The first kappa shape index (κ1) is 21.3. The van der Waals surface area contributed by atoms with Crippen molar-refractivity contribution in [2.45, 2.75) is 12.5 Å². The number of rotatable bonds is 5. The molecule has 0 fully saturated rings. The van der Waals surface area contributed by atoms with Crippen molar-refractivity contribution in [3.05, 3.63) is 105 Å². The van der Waals surface area contributed by atoms with Crippen LogP contribution in [0.2, 0.25) is 15.1 Å². The van der Waals surface area contributed by atoms with Crippen molar-refractivity contribution in [2.75, 3.05) is 0 Å². The van der Waals surface area contributed by atoms with Crippen LogP contribution in [0.4, 0.5) is 0 Å². The highest BCUT2D eigenvalue weighted by molar-refractivity contribution is 6.31. The summed E-state index contributed by atoms with van der Waals surface area (Å²) in [5, 5.41) is 17.2. The Morgan fingerprint density at radius 1 is 0.793 bits per heavy atom. The summed E-state index contributed by atoms with van der Waals surface area (Å²) in [6, 6.07) is 19.8. The van der Waals surface area contributed by atoms with Crippen molar-refractivity contribution < 1.29 is 9.90 Å². The number of hydrogen-bond donors (Lipinski definition) is 2. The van der Waals surface area contributed by atoms with E-state index in [9.17, 15) is 9.90 Å². The van der Waals surface area contributed by atoms with Gasteiger partial charge in [-0.3, -0.25) is 4.79 Å². The Morgan fingerprint density at radius 3 is 1.59 bits per heavy atom. The maximum atomic E-state index is 13.1. The van der Waals surface area contributed by atoms with Crippen molar-refractivity contribution in [1.29, 1.82) is 0 Å². The molecule has 0 unspecified atom stereocenters. The molecule has 0 aliphatic heterocycles. The van der Waals surface area contributed by atoms with Crippen LogP contribution in [-0.2, 0) is 10.4 Å². The number of carbonyl (C=O) groups excluding carboxylic acids is 1. The van der Waals surface area contributed by atoms with Gasteiger partial charge in [0.1, 0.15) is 0 Å². The maximum absolute atomic E-state index is 13.1. The maximum Gasteiger partial charge on any atom is 0.281 e. The van der Waals surface area contributed by atoms with Gasteiger partial charge < -0.3 is 5.11 Å². The minimum absolute atomic E-state index is 0.348. The number of aliphatic hydroxyl groups is 1. The first-order valence-electron chi connectivity index (χ1n) is 8.66. The van der Waals surface area contributed by atoms with Gasteiger partial charge in [0.2, 0.25) is 0 Å². The van der Waals surface area contributed by atoms with Crippen molar-refractivity contribution >= 4 is 46.4 Å². The molecule has 0 spiro atoms. The zero-order chi connectivity index (χ0) is 21.0. The molecule has 0 aliphatic carbocycles. The highest BCUT2D eigenvalue weighted by Gasteiger charge is 2.40. The van der Waals surface area contributed by atoms with Crippen LogP contribution in [0.15, 0.2) is 77.9 Å². The van der Waals surface area contributed by atoms with E-state index in [4.69, 9.17) is 34.8 Å². The standard InChI is InChI=1S/C22H17Cl3N2O2/c1-14(15-2-8-18(23)9-3-15)26-27-21(28)22(29,16-4-10-19(24)11-5-16)17-6-12-20(25)13-7-17/h2-13,29H,1H3,(H,27,28)/b26-14-. The fourth-order valence-corrected chi connectivity index (χ4v) is 3.16. The third-order valence-electron chi connectivity index (χ3n) is 4.44. The SMILES string of the molecule is C/C(=N/NC(=O)C(O)(c1ccc(Cl)cc1)c1ccc(Cl)cc1)c1ccc(Cl)cc1. The van der Waals surface area contributed by atoms with Crippen LogP contribution in [-0.4, -0.2) is 16.7 Å². The van der Waals surface area contributed by atoms with Crippen molar-refractivity contribution in [3.8, 4) is 0 Å². The molecule has 0 aliphatic rings. The van der Waals surface area contributed by atoms with Crippen LogP contribution in [0.25, 0.3) is 0 Å². The van der Waals surface area contributed by atoms with E-state index in [1.54, 1.807) is 79.7 Å². The third kappa shape index (κ3) is 4.80. The normalized spacial score (nSPS) is 12.0. The molecule has 3 aromatic carbocycles. The lowest BCUT2D eigenvalue weighted by atomic mass is 9.85. The first-order valence-corrected chi connectivity index (χ1v) is 9.79. The predicted molar refractivity (Wildman–Crippen MR) is 118 cm³/mol. The first-order chi connectivity index (χ1) is 13.8. The highest BCUT2D eigenvalue weighted by atomic mass is 35.5. The Bertz CT molecular complexity index is 986. The summed E-state index contributed by atoms with van der Waals surface area (Å²) in [6.45, 7) is 1.74. The summed E-state index contributed by atoms with van der Waals surface area (Å²) in [6.07, 6.45) is 0. The van der Waals surface area contributed by atoms with E-state index in [-0.39, 0.29) is 0 Å². The molecule has 0 aromatic heterocycles. The molecule has 4 nitrogen and oxygen atoms in total. The van der Waals surface area contributed by atoms with E-state index in [0.717, 1.165) is 5.56 Å². The molecular formula is C22H17Cl3N2O2. The Morgan fingerprint density at radius 2 is 1.17 bits per heavy atom. The van der Waals surface area contributed by atoms with Gasteiger partial charge in [0, 0.05) is 15.1 Å². The molecule has 7 heteroatoms. The Hall–Kier alpha value is -2.37. The number of amides is 1. The Kier molecular flexibility index (Phi) is 6.60. The average Bonchev–Trinajstić information content (AvgIpc) is 2.72. The fraction of sp³-hybridized carbons (Fsp3) is 0.0909. The molecule has 0 heterocycles. The van der Waals surface area contributed by atoms with Gasteiger partial charge in [-0.1, -0.05) is 71.2 Å². The molecule has 148 valence electrons. The van der Waals surface area contributed by atoms with Gasteiger partial charge in [0.05, 0.1) is 5.71 Å². The zero-order valence-electron chi connectivity index (χ0n) is 15.4. The number of nitrogens with one attached hydrogen (secondary N) is 1. The van der Waals surface area contributed by atoms with Crippen molar-refractivity contribution in [1.82, 2.24) is 5.43 Å². The van der Waals surface area contributed by atoms with Crippen LogP contribution in [0.5, 0.6) is 0 Å². The largest absolute Gasteiger partial charge is 0.372 e. The second-order valence-electron chi connectivity index (χ2n) is 6.37. The number of halogens is 3. The molecule has 0 atom stereocenters. The summed E-state index contributed by atoms with van der Waals surface area (Å²) in [5.41, 5.74) is 2.52. The molecule has 3 aromatic rings. The average molecular weight is 448 g/mol. The van der Waals surface area contributed by atoms with Crippen molar-refractivity contribution in [3.63, 3.8) is 0 Å². The van der Waals surface area contributed by atoms with Gasteiger partial charge >= 0.3 is 0 Å². The van der Waals surface area contributed by atoms with Gasteiger partial charge in [-0.05, 0) is 60.0 Å². The van der Waals surface area contributed by atoms with E-state index >= 15 is 0 Å². The minimum atomic E-state index is -1.99. The van der Waals surface area contributed by atoms with Gasteiger partial charge in [0.25, 0.3) is 5.91 Å². The van der Waals surface area contributed by atoms with Crippen LogP contribution in [0.1, 0.15) is 23.6 Å². The van der Waals surface area contributed by atoms with Gasteiger partial charge in [-0.15, -0.1) is 0 Å². The molecule has 2 N–H and O–H groups in total. The van der Waals surface area contributed by atoms with Crippen LogP contribution < -0.4 is 5.43 Å². The summed E-state index contributed by atoms with van der Waals surface area (Å²) < 4.78 is 0. The van der Waals surface area contributed by atoms with E-state index < -0.39 is 11.5 Å². The van der Waals surface area contributed by atoms with E-state index in [2.05, 4.69) is 10.5 Å². The Labute approximate surface area is 183 Å². The smallest absolute Gasteiger partial charge is 0.281 e. The molecule has 0 bridgehead atoms. The lowest BCUT2D eigenvalue weighted by molar-refractivity contribution is -0.136. The number of hydrogen-bond acceptors (Lipinski definition) is 3. The molecule has 3 rings (SSSR count). The lowest BCUT2D eigenvalue weighted by Crippen LogP contribution is -2.43. The summed E-state index contributed by atoms with van der Waals surface area (Å²) in [7, 11) is 0. The molecular weight excluding hydrogens is 431 g/mol. The van der Waals surface area contributed by atoms with Gasteiger partial charge in [-0.2, -0.15) is 5.10 Å². The molecule has 0 saturated carbocycles. The quantitative estimate of drug-likeness (QED) is 0.405. The predicted octanol–water partition coefficient (Wildman–Crippen LogP) is 5.42. The van der Waals surface area contributed by atoms with Crippen LogP contribution in [0, 0.1) is 0 Å². The van der Waals surface area contributed by atoms with Crippen LogP contribution >= 0.6 is 34.8 Å². The highest BCUT2D eigenvalue weighted by Crippen LogP contribution is 2.31. The van der Waals surface area contributed by atoms with E-state index in [0.29, 0.717) is 31.9 Å². The van der Waals surface area contributed by atoms with Crippen molar-refractivity contribution in [2.24, 2.45) is 5.10 Å². The monoisotopic (exact) mass is 446 g/mol. The molecule has 29 heavy (non-hydrogen) atoms. The summed E-state index contributed by atoms with van der Waals surface area (Å²) in [4.78, 5) is 13.1. The fourth-order valence-electron chi connectivity index (χ4n) is 2.78. The molecule has 0 radical (unpaired) electrons. The van der Waals surface area contributed by atoms with E-state index in [1.165, 1.54) is 0 Å². The third-order valence-corrected chi connectivity index (χ3v) is 5.20. The summed E-state index contributed by atoms with van der Waals surface area (Å²) >= 11 is 17.8. The second kappa shape index (κ2) is 8.97. The number of hydrazone groups is 1. The molecule has 1 amide bonds. The van der Waals surface area contributed by atoms with Gasteiger partial charge in [0.15, 0.2) is 5.60 Å². The summed E-state index contributed by atoms with van der Waals surface area (Å²) in [5.74, 6) is -0.713. The Balaban J connectivity index is 1.96. The van der Waals surface area contributed by atoms with Crippen LogP contribution in [0.3, 0.4) is 0 Å². The molecule has 0 saturated heterocycles. The topological polar surface area (TPSA) is 61.7 Å². The van der Waals surface area contributed by atoms with Gasteiger partial charge in [-0.25, -0.2) is 5.43 Å². The lowest BCUT2D eigenvalue weighted by Gasteiger charge is -2.27. The minimum Gasteiger partial charge on any atom is -0.372 e. The number of benzene rings is 3. The number of nitrogens with zero attached hydrogens (tertiary/aromatic N) is 1. The second-order valence-corrected chi connectivity index (χ2v) is 7.68. The van der Waals surface area contributed by atoms with E-state index in [1.807, 2.05) is 0 Å².